The number of methoxy groups -OCH3 is 1. The molecule has 0 radical (unpaired) electrons. The lowest BCUT2D eigenvalue weighted by Gasteiger charge is -2.24. The van der Waals surface area contributed by atoms with Gasteiger partial charge < -0.3 is 9.64 Å². The summed E-state index contributed by atoms with van der Waals surface area (Å²) in [5.74, 6) is -1.64. The van der Waals surface area contributed by atoms with Crippen LogP contribution >= 0.6 is 0 Å². The van der Waals surface area contributed by atoms with Crippen LogP contribution < -0.4 is 0 Å². The van der Waals surface area contributed by atoms with Gasteiger partial charge in [0.15, 0.2) is 0 Å². The van der Waals surface area contributed by atoms with Gasteiger partial charge in [-0.1, -0.05) is 48.5 Å². The van der Waals surface area contributed by atoms with Crippen LogP contribution in [0.2, 0.25) is 0 Å². The molecule has 3 rings (SSSR count). The third-order valence-corrected chi connectivity index (χ3v) is 4.17. The molecule has 0 saturated heterocycles. The molecule has 0 aliphatic carbocycles. The Morgan fingerprint density at radius 1 is 1.04 bits per heavy atom. The number of fused-ring (bicyclic) bond motifs is 1. The fourth-order valence-electron chi connectivity index (χ4n) is 3.00. The number of hydrogen-bond donors (Lipinski definition) is 0. The largest absolute Gasteiger partial charge is 0.463 e. The zero-order chi connectivity index (χ0) is 17.1. The fourth-order valence-corrected chi connectivity index (χ4v) is 3.00. The topological polar surface area (TPSA) is 63.7 Å². The van der Waals surface area contributed by atoms with Crippen molar-refractivity contribution in [2.45, 2.75) is 19.0 Å². The first-order valence-corrected chi connectivity index (χ1v) is 7.66. The molecule has 1 amide bonds. The molecule has 1 atom stereocenters. The van der Waals surface area contributed by atoms with E-state index in [1.54, 1.807) is 17.0 Å². The summed E-state index contributed by atoms with van der Waals surface area (Å²) >= 11 is 0. The summed E-state index contributed by atoms with van der Waals surface area (Å²) in [5, 5.41) is 0. The molecule has 0 N–H and O–H groups in total. The molecule has 0 spiro atoms. The molecule has 0 bridgehead atoms. The van der Waals surface area contributed by atoms with E-state index in [-0.39, 0.29) is 12.3 Å². The van der Waals surface area contributed by atoms with Crippen LogP contribution in [0.5, 0.6) is 0 Å². The highest BCUT2D eigenvalue weighted by atomic mass is 16.5. The van der Waals surface area contributed by atoms with Crippen LogP contribution in [-0.4, -0.2) is 29.7 Å². The maximum absolute atomic E-state index is 12.7. The number of hydrogen-bond acceptors (Lipinski definition) is 4. The van der Waals surface area contributed by atoms with Crippen molar-refractivity contribution >= 4 is 17.7 Å². The van der Waals surface area contributed by atoms with E-state index in [1.165, 1.54) is 7.11 Å². The van der Waals surface area contributed by atoms with Crippen molar-refractivity contribution in [2.24, 2.45) is 0 Å². The third-order valence-electron chi connectivity index (χ3n) is 4.17. The Morgan fingerprint density at radius 3 is 2.42 bits per heavy atom. The highest BCUT2D eigenvalue weighted by molar-refractivity contribution is 6.33. The summed E-state index contributed by atoms with van der Waals surface area (Å²) in [6.07, 6.45) is -0.0811. The fraction of sp³-hybridized carbons (Fsp3) is 0.211. The van der Waals surface area contributed by atoms with E-state index < -0.39 is 17.8 Å². The van der Waals surface area contributed by atoms with Gasteiger partial charge in [0, 0.05) is 18.5 Å². The summed E-state index contributed by atoms with van der Waals surface area (Å²) < 4.78 is 4.50. The van der Waals surface area contributed by atoms with Crippen molar-refractivity contribution in [2.75, 3.05) is 7.11 Å². The molecular formula is C19H17NO4. The van der Waals surface area contributed by atoms with E-state index >= 15 is 0 Å². The van der Waals surface area contributed by atoms with Crippen LogP contribution in [0.25, 0.3) is 0 Å². The molecule has 1 heterocycles. The number of carbonyl (C=O) groups excluding carboxylic acids is 3. The second-order valence-corrected chi connectivity index (χ2v) is 5.64. The van der Waals surface area contributed by atoms with Gasteiger partial charge in [-0.15, -0.1) is 0 Å². The number of ketones is 1. The van der Waals surface area contributed by atoms with Crippen molar-refractivity contribution in [3.05, 3.63) is 71.3 Å². The Morgan fingerprint density at radius 2 is 1.71 bits per heavy atom. The minimum absolute atomic E-state index is 0.0811. The lowest BCUT2D eigenvalue weighted by Crippen LogP contribution is -2.30. The maximum Gasteiger partial charge on any atom is 0.374 e. The number of carbonyl (C=O) groups is 3. The Bertz CT molecular complexity index is 785. The van der Waals surface area contributed by atoms with Gasteiger partial charge in [-0.05, 0) is 17.2 Å². The summed E-state index contributed by atoms with van der Waals surface area (Å²) in [4.78, 5) is 37.9. The summed E-state index contributed by atoms with van der Waals surface area (Å²) in [6.45, 7) is 0.382. The molecule has 24 heavy (non-hydrogen) atoms. The first-order chi connectivity index (χ1) is 11.6. The summed E-state index contributed by atoms with van der Waals surface area (Å²) in [6, 6.07) is 16.3. The molecule has 1 unspecified atom stereocenters. The number of Topliss-reactive ketones (excluding diaryl/α,β-unsaturated/α-hetero) is 1. The average molecular weight is 323 g/mol. The number of rotatable bonds is 5. The Labute approximate surface area is 139 Å². The zero-order valence-electron chi connectivity index (χ0n) is 13.3. The number of esters is 1. The highest BCUT2D eigenvalue weighted by Gasteiger charge is 2.38. The minimum atomic E-state index is -0.883. The normalized spacial score (nSPS) is 16.0. The SMILES string of the molecule is COC(=O)C(=O)CC1c2ccccc2C(=O)N1Cc1ccccc1. The quantitative estimate of drug-likeness (QED) is 0.626. The van der Waals surface area contributed by atoms with E-state index in [1.807, 2.05) is 42.5 Å². The van der Waals surface area contributed by atoms with E-state index in [9.17, 15) is 14.4 Å². The third kappa shape index (κ3) is 2.93. The van der Waals surface area contributed by atoms with Crippen LogP contribution in [-0.2, 0) is 20.9 Å². The van der Waals surface area contributed by atoms with Crippen LogP contribution in [0.3, 0.4) is 0 Å². The summed E-state index contributed by atoms with van der Waals surface area (Å²) in [7, 11) is 1.18. The Kier molecular flexibility index (Phi) is 4.42. The minimum Gasteiger partial charge on any atom is -0.463 e. The lowest BCUT2D eigenvalue weighted by molar-refractivity contribution is -0.152. The van der Waals surface area contributed by atoms with E-state index in [0.29, 0.717) is 12.1 Å². The van der Waals surface area contributed by atoms with Gasteiger partial charge in [-0.25, -0.2) is 4.79 Å². The lowest BCUT2D eigenvalue weighted by atomic mass is 10.00. The van der Waals surface area contributed by atoms with Crippen molar-refractivity contribution in [1.29, 1.82) is 0 Å². The Balaban J connectivity index is 1.92. The van der Waals surface area contributed by atoms with E-state index in [2.05, 4.69) is 4.74 Å². The maximum atomic E-state index is 12.7. The van der Waals surface area contributed by atoms with Gasteiger partial charge in [-0.2, -0.15) is 0 Å². The molecule has 1 aliphatic heterocycles. The van der Waals surface area contributed by atoms with Crippen molar-refractivity contribution in [1.82, 2.24) is 4.90 Å². The molecule has 2 aromatic carbocycles. The van der Waals surface area contributed by atoms with Crippen molar-refractivity contribution < 1.29 is 19.1 Å². The number of benzene rings is 2. The zero-order valence-corrected chi connectivity index (χ0v) is 13.3. The van der Waals surface area contributed by atoms with Gasteiger partial charge in [-0.3, -0.25) is 9.59 Å². The summed E-state index contributed by atoms with van der Waals surface area (Å²) in [5.41, 5.74) is 2.32. The van der Waals surface area contributed by atoms with Gasteiger partial charge in [0.25, 0.3) is 5.91 Å². The molecule has 2 aromatic rings. The van der Waals surface area contributed by atoms with Crippen LogP contribution in [0.1, 0.15) is 33.9 Å². The molecule has 1 aliphatic rings. The number of ether oxygens (including phenoxy) is 1. The van der Waals surface area contributed by atoms with E-state index in [0.717, 1.165) is 11.1 Å². The van der Waals surface area contributed by atoms with Crippen molar-refractivity contribution in [3.8, 4) is 0 Å². The second kappa shape index (κ2) is 6.66. The van der Waals surface area contributed by atoms with Gasteiger partial charge in [0.05, 0.1) is 13.2 Å². The first kappa shape index (κ1) is 15.9. The van der Waals surface area contributed by atoms with Gasteiger partial charge >= 0.3 is 5.97 Å². The molecule has 0 saturated carbocycles. The number of nitrogens with zero attached hydrogens (tertiary/aromatic N) is 1. The van der Waals surface area contributed by atoms with Gasteiger partial charge in [0.2, 0.25) is 5.78 Å². The van der Waals surface area contributed by atoms with Gasteiger partial charge in [0.1, 0.15) is 0 Å². The van der Waals surface area contributed by atoms with Crippen LogP contribution in [0, 0.1) is 0 Å². The predicted molar refractivity (Wildman–Crippen MR) is 87.1 cm³/mol. The molecule has 122 valence electrons. The van der Waals surface area contributed by atoms with E-state index in [4.69, 9.17) is 0 Å². The van der Waals surface area contributed by atoms with Crippen LogP contribution in [0.4, 0.5) is 0 Å². The molecule has 0 fully saturated rings. The smallest absolute Gasteiger partial charge is 0.374 e. The molecule has 5 heteroatoms. The predicted octanol–water partition coefficient (Wildman–Crippen LogP) is 2.52. The standard InChI is InChI=1S/C19H17NO4/c1-24-19(23)17(21)11-16-14-9-5-6-10-15(14)18(22)20(16)12-13-7-3-2-4-8-13/h2-10,16H,11-12H2,1H3. The number of amides is 1. The monoisotopic (exact) mass is 323 g/mol. The molecule has 0 aromatic heterocycles. The highest BCUT2D eigenvalue weighted by Crippen LogP contribution is 2.37. The molecule has 5 nitrogen and oxygen atoms in total. The molecular weight excluding hydrogens is 306 g/mol. The Hall–Kier alpha value is -2.95. The van der Waals surface area contributed by atoms with Crippen LogP contribution in [0.15, 0.2) is 54.6 Å². The average Bonchev–Trinajstić information content (AvgIpc) is 2.88. The van der Waals surface area contributed by atoms with Crippen molar-refractivity contribution in [3.63, 3.8) is 0 Å². The second-order valence-electron chi connectivity index (χ2n) is 5.64. The first-order valence-electron chi connectivity index (χ1n) is 7.66.